The van der Waals surface area contributed by atoms with Crippen LogP contribution in [0.15, 0.2) is 22.8 Å². The SMILES string of the molecule is CO[C@@H]1COC[C@@H](CNC(=O)Cc2coc3c(C)c(C)ccc23)[C@@H]1O. The summed E-state index contributed by atoms with van der Waals surface area (Å²) >= 11 is 0. The molecule has 0 aliphatic carbocycles. The van der Waals surface area contributed by atoms with Gasteiger partial charge in [-0.1, -0.05) is 12.1 Å². The number of amides is 1. The molecule has 1 fully saturated rings. The molecule has 1 aliphatic rings. The highest BCUT2D eigenvalue weighted by atomic mass is 16.5. The van der Waals surface area contributed by atoms with Crippen molar-refractivity contribution in [2.24, 2.45) is 5.92 Å². The smallest absolute Gasteiger partial charge is 0.224 e. The summed E-state index contributed by atoms with van der Waals surface area (Å²) in [6, 6.07) is 4.03. The molecule has 0 spiro atoms. The molecule has 6 heteroatoms. The lowest BCUT2D eigenvalue weighted by atomic mass is 9.96. The minimum Gasteiger partial charge on any atom is -0.464 e. The van der Waals surface area contributed by atoms with E-state index in [1.807, 2.05) is 26.0 Å². The molecule has 1 aromatic carbocycles. The maximum atomic E-state index is 12.3. The van der Waals surface area contributed by atoms with Crippen LogP contribution in [0.1, 0.15) is 16.7 Å². The van der Waals surface area contributed by atoms with Crippen molar-refractivity contribution in [2.75, 3.05) is 26.9 Å². The van der Waals surface area contributed by atoms with Gasteiger partial charge < -0.3 is 24.3 Å². The molecular formula is C19H25NO5. The van der Waals surface area contributed by atoms with Crippen molar-refractivity contribution in [3.8, 4) is 0 Å². The Morgan fingerprint density at radius 2 is 2.16 bits per heavy atom. The van der Waals surface area contributed by atoms with Gasteiger partial charge in [-0.3, -0.25) is 4.79 Å². The van der Waals surface area contributed by atoms with Gasteiger partial charge in [0, 0.05) is 30.5 Å². The predicted octanol–water partition coefficient (Wildman–Crippen LogP) is 1.73. The van der Waals surface area contributed by atoms with Crippen LogP contribution >= 0.6 is 0 Å². The molecule has 0 radical (unpaired) electrons. The first-order valence-corrected chi connectivity index (χ1v) is 8.52. The van der Waals surface area contributed by atoms with E-state index in [1.165, 1.54) is 0 Å². The van der Waals surface area contributed by atoms with Gasteiger partial charge in [-0.05, 0) is 25.0 Å². The standard InChI is InChI=1S/C19H25NO5/c1-11-4-5-15-13(9-25-19(15)12(11)2)6-17(21)20-7-14-8-24-10-16(23-3)18(14)22/h4-5,9,14,16,18,22H,6-8,10H2,1-3H3,(H,20,21)/t14-,16-,18+/m1/s1. The van der Waals surface area contributed by atoms with Gasteiger partial charge in [0.15, 0.2) is 0 Å². The van der Waals surface area contributed by atoms with Gasteiger partial charge in [0.2, 0.25) is 5.91 Å². The molecule has 0 unspecified atom stereocenters. The van der Waals surface area contributed by atoms with Crippen molar-refractivity contribution >= 4 is 16.9 Å². The number of furan rings is 1. The monoisotopic (exact) mass is 347 g/mol. The number of carbonyl (C=O) groups is 1. The number of hydrogen-bond donors (Lipinski definition) is 2. The highest BCUT2D eigenvalue weighted by Crippen LogP contribution is 2.26. The van der Waals surface area contributed by atoms with Gasteiger partial charge in [-0.2, -0.15) is 0 Å². The lowest BCUT2D eigenvalue weighted by Gasteiger charge is -2.33. The third-order valence-corrected chi connectivity index (χ3v) is 5.03. The predicted molar refractivity (Wildman–Crippen MR) is 93.5 cm³/mol. The Hall–Kier alpha value is -1.89. The topological polar surface area (TPSA) is 80.9 Å². The lowest BCUT2D eigenvalue weighted by Crippen LogP contribution is -2.49. The summed E-state index contributed by atoms with van der Waals surface area (Å²) in [7, 11) is 1.55. The highest BCUT2D eigenvalue weighted by molar-refractivity contribution is 5.89. The first-order chi connectivity index (χ1) is 12.0. The quantitative estimate of drug-likeness (QED) is 0.861. The van der Waals surface area contributed by atoms with Crippen LogP contribution in [-0.2, 0) is 20.7 Å². The number of fused-ring (bicyclic) bond motifs is 1. The average molecular weight is 347 g/mol. The van der Waals surface area contributed by atoms with E-state index < -0.39 is 6.10 Å². The molecule has 1 aliphatic heterocycles. The van der Waals surface area contributed by atoms with Crippen LogP contribution in [0.3, 0.4) is 0 Å². The number of nitrogens with one attached hydrogen (secondary N) is 1. The van der Waals surface area contributed by atoms with Crippen molar-refractivity contribution in [1.29, 1.82) is 0 Å². The van der Waals surface area contributed by atoms with Gasteiger partial charge in [-0.25, -0.2) is 0 Å². The van der Waals surface area contributed by atoms with Crippen molar-refractivity contribution < 1.29 is 23.8 Å². The summed E-state index contributed by atoms with van der Waals surface area (Å²) < 4.78 is 16.3. The first-order valence-electron chi connectivity index (χ1n) is 8.52. The Bertz CT molecular complexity index is 754. The molecule has 136 valence electrons. The number of aliphatic hydroxyl groups is 1. The summed E-state index contributed by atoms with van der Waals surface area (Å²) in [5.41, 5.74) is 3.96. The van der Waals surface area contributed by atoms with Crippen molar-refractivity contribution in [2.45, 2.75) is 32.5 Å². The minimum atomic E-state index is -0.639. The molecule has 0 bridgehead atoms. The van der Waals surface area contributed by atoms with E-state index in [0.717, 1.165) is 27.7 Å². The maximum absolute atomic E-state index is 12.3. The van der Waals surface area contributed by atoms with Crippen LogP contribution in [0.5, 0.6) is 0 Å². The maximum Gasteiger partial charge on any atom is 0.224 e. The van der Waals surface area contributed by atoms with Crippen LogP contribution in [0.2, 0.25) is 0 Å². The average Bonchev–Trinajstić information content (AvgIpc) is 3.00. The van der Waals surface area contributed by atoms with Crippen molar-refractivity contribution in [1.82, 2.24) is 5.32 Å². The number of ether oxygens (including phenoxy) is 2. The molecule has 2 aromatic rings. The molecule has 2 heterocycles. The fourth-order valence-corrected chi connectivity index (χ4v) is 3.23. The number of hydrogen-bond acceptors (Lipinski definition) is 5. The third kappa shape index (κ3) is 3.71. The third-order valence-electron chi connectivity index (χ3n) is 5.03. The normalized spacial score (nSPS) is 23.8. The molecule has 2 N–H and O–H groups in total. The Kier molecular flexibility index (Phi) is 5.42. The van der Waals surface area contributed by atoms with Crippen LogP contribution in [0.25, 0.3) is 11.0 Å². The van der Waals surface area contributed by atoms with Crippen LogP contribution in [-0.4, -0.2) is 50.1 Å². The molecule has 6 nitrogen and oxygen atoms in total. The molecular weight excluding hydrogens is 322 g/mol. The van der Waals surface area contributed by atoms with Gasteiger partial charge in [0.1, 0.15) is 11.7 Å². The second-order valence-corrected chi connectivity index (χ2v) is 6.69. The second-order valence-electron chi connectivity index (χ2n) is 6.69. The van der Waals surface area contributed by atoms with Gasteiger partial charge in [-0.15, -0.1) is 0 Å². The van der Waals surface area contributed by atoms with Crippen molar-refractivity contribution in [3.05, 3.63) is 35.1 Å². The number of rotatable bonds is 5. The fraction of sp³-hybridized carbons (Fsp3) is 0.526. The van der Waals surface area contributed by atoms with Crippen LogP contribution < -0.4 is 5.32 Å². The number of methoxy groups -OCH3 is 1. The molecule has 1 aromatic heterocycles. The molecule has 3 atom stereocenters. The summed E-state index contributed by atoms with van der Waals surface area (Å²) in [4.78, 5) is 12.3. The van der Waals surface area contributed by atoms with Crippen molar-refractivity contribution in [3.63, 3.8) is 0 Å². The largest absolute Gasteiger partial charge is 0.464 e. The number of carbonyl (C=O) groups excluding carboxylic acids is 1. The van der Waals surface area contributed by atoms with Crippen LogP contribution in [0, 0.1) is 19.8 Å². The lowest BCUT2D eigenvalue weighted by molar-refractivity contribution is -0.136. The summed E-state index contributed by atoms with van der Waals surface area (Å²) in [5, 5.41) is 14.1. The van der Waals surface area contributed by atoms with E-state index in [1.54, 1.807) is 13.4 Å². The zero-order chi connectivity index (χ0) is 18.0. The zero-order valence-electron chi connectivity index (χ0n) is 14.9. The highest BCUT2D eigenvalue weighted by Gasteiger charge is 2.32. The number of aryl methyl sites for hydroxylation is 2. The van der Waals surface area contributed by atoms with Crippen LogP contribution in [0.4, 0.5) is 0 Å². The van der Waals surface area contributed by atoms with E-state index in [0.29, 0.717) is 19.8 Å². The molecule has 1 saturated heterocycles. The molecule has 0 saturated carbocycles. The molecule has 25 heavy (non-hydrogen) atoms. The van der Waals surface area contributed by atoms with Gasteiger partial charge in [0.25, 0.3) is 0 Å². The number of aliphatic hydroxyl groups excluding tert-OH is 1. The Balaban J connectivity index is 1.61. The Labute approximate surface area is 147 Å². The zero-order valence-corrected chi connectivity index (χ0v) is 14.9. The van der Waals surface area contributed by atoms with Gasteiger partial charge >= 0.3 is 0 Å². The van der Waals surface area contributed by atoms with E-state index in [-0.39, 0.29) is 24.3 Å². The van der Waals surface area contributed by atoms with Gasteiger partial charge in [0.05, 0.1) is 32.0 Å². The summed E-state index contributed by atoms with van der Waals surface area (Å²) in [5.74, 6) is -0.277. The van der Waals surface area contributed by atoms with E-state index in [2.05, 4.69) is 5.32 Å². The molecule has 1 amide bonds. The van der Waals surface area contributed by atoms with E-state index in [4.69, 9.17) is 13.9 Å². The fourth-order valence-electron chi connectivity index (χ4n) is 3.23. The number of benzene rings is 1. The first kappa shape index (κ1) is 17.9. The second kappa shape index (κ2) is 7.56. The Morgan fingerprint density at radius 3 is 2.92 bits per heavy atom. The Morgan fingerprint density at radius 1 is 1.36 bits per heavy atom. The summed E-state index contributed by atoms with van der Waals surface area (Å²) in [6.07, 6.45) is 0.905. The minimum absolute atomic E-state index is 0.104. The van der Waals surface area contributed by atoms with E-state index in [9.17, 15) is 9.90 Å². The van der Waals surface area contributed by atoms with E-state index >= 15 is 0 Å². The molecule has 3 rings (SSSR count). The summed E-state index contributed by atoms with van der Waals surface area (Å²) in [6.45, 7) is 5.19.